The van der Waals surface area contributed by atoms with Crippen molar-refractivity contribution in [1.82, 2.24) is 0 Å². The van der Waals surface area contributed by atoms with E-state index < -0.39 is 34.9 Å². The molecule has 0 atom stereocenters. The predicted octanol–water partition coefficient (Wildman–Crippen LogP) is 8.90. The lowest BCUT2D eigenvalue weighted by molar-refractivity contribution is -0.276. The van der Waals surface area contributed by atoms with Gasteiger partial charge in [0.15, 0.2) is 11.6 Å². The lowest BCUT2D eigenvalue weighted by Gasteiger charge is -2.28. The van der Waals surface area contributed by atoms with Gasteiger partial charge in [-0.15, -0.1) is 13.2 Å². The third-order valence-electron chi connectivity index (χ3n) is 6.52. The van der Waals surface area contributed by atoms with Gasteiger partial charge >= 0.3 is 6.36 Å². The maximum atomic E-state index is 14.7. The molecule has 0 saturated heterocycles. The van der Waals surface area contributed by atoms with Gasteiger partial charge in [0.2, 0.25) is 5.75 Å². The normalized spacial score (nSPS) is 19.1. The number of rotatable bonds is 5. The standard InChI is InChI=1S/C26H24F6O/c1-2-3-15-4-6-16(7-5-15)17-8-10-18(11-9-17)19-12-20-14-22(28)25(33-26(30,31)32)24(29)23(20)21(27)13-19/h8-16H,2-7H2,1H3. The molecule has 0 aromatic heterocycles. The van der Waals surface area contributed by atoms with E-state index in [0.717, 1.165) is 24.8 Å². The molecule has 3 aromatic rings. The fourth-order valence-corrected chi connectivity index (χ4v) is 4.91. The first-order valence-corrected chi connectivity index (χ1v) is 11.1. The zero-order chi connectivity index (χ0) is 23.8. The van der Waals surface area contributed by atoms with Crippen molar-refractivity contribution in [3.8, 4) is 16.9 Å². The molecular formula is C26H24F6O. The molecular weight excluding hydrogens is 442 g/mol. The molecule has 0 spiro atoms. The average Bonchev–Trinajstić information content (AvgIpc) is 2.76. The summed E-state index contributed by atoms with van der Waals surface area (Å²) in [6, 6.07) is 10.7. The molecule has 0 unspecified atom stereocenters. The van der Waals surface area contributed by atoms with Gasteiger partial charge in [-0.05, 0) is 77.8 Å². The van der Waals surface area contributed by atoms with Crippen molar-refractivity contribution in [1.29, 1.82) is 0 Å². The molecule has 176 valence electrons. The Balaban J connectivity index is 1.61. The minimum absolute atomic E-state index is 0.187. The molecule has 1 aliphatic carbocycles. The van der Waals surface area contributed by atoms with E-state index in [1.54, 1.807) is 0 Å². The van der Waals surface area contributed by atoms with Crippen molar-refractivity contribution in [2.75, 3.05) is 0 Å². The molecule has 1 nitrogen and oxygen atoms in total. The molecule has 33 heavy (non-hydrogen) atoms. The Kier molecular flexibility index (Phi) is 6.59. The van der Waals surface area contributed by atoms with Crippen LogP contribution in [0.4, 0.5) is 26.3 Å². The number of hydrogen-bond donors (Lipinski definition) is 0. The summed E-state index contributed by atoms with van der Waals surface area (Å²) in [6.07, 6.45) is 1.87. The molecule has 0 aliphatic heterocycles. The zero-order valence-corrected chi connectivity index (χ0v) is 18.1. The van der Waals surface area contributed by atoms with E-state index in [0.29, 0.717) is 23.1 Å². The number of hydrogen-bond acceptors (Lipinski definition) is 1. The van der Waals surface area contributed by atoms with Crippen LogP contribution in [0.15, 0.2) is 42.5 Å². The van der Waals surface area contributed by atoms with Gasteiger partial charge in [0, 0.05) is 0 Å². The molecule has 0 N–H and O–H groups in total. The second-order valence-corrected chi connectivity index (χ2v) is 8.73. The van der Waals surface area contributed by atoms with Gasteiger partial charge in [-0.2, -0.15) is 0 Å². The summed E-state index contributed by atoms with van der Waals surface area (Å²) in [5, 5.41) is -0.937. The molecule has 1 fully saturated rings. The third-order valence-corrected chi connectivity index (χ3v) is 6.52. The maximum Gasteiger partial charge on any atom is 0.573 e. The van der Waals surface area contributed by atoms with Crippen LogP contribution in [0.1, 0.15) is 56.9 Å². The van der Waals surface area contributed by atoms with Crippen LogP contribution < -0.4 is 4.74 Å². The highest BCUT2D eigenvalue weighted by atomic mass is 19.4. The fraction of sp³-hybridized carbons (Fsp3) is 0.385. The Hall–Kier alpha value is -2.70. The lowest BCUT2D eigenvalue weighted by Crippen LogP contribution is -2.19. The second kappa shape index (κ2) is 9.27. The van der Waals surface area contributed by atoms with E-state index in [-0.39, 0.29) is 5.39 Å². The number of halogens is 6. The number of alkyl halides is 3. The van der Waals surface area contributed by atoms with Crippen molar-refractivity contribution in [3.05, 3.63) is 65.5 Å². The Labute approximate surface area is 188 Å². The molecule has 3 aromatic carbocycles. The number of fused-ring (bicyclic) bond motifs is 1. The highest BCUT2D eigenvalue weighted by Gasteiger charge is 2.35. The average molecular weight is 466 g/mol. The van der Waals surface area contributed by atoms with Crippen LogP contribution in [0.2, 0.25) is 0 Å². The zero-order valence-electron chi connectivity index (χ0n) is 18.1. The fourth-order valence-electron chi connectivity index (χ4n) is 4.91. The van der Waals surface area contributed by atoms with Gasteiger partial charge in [0.05, 0.1) is 5.39 Å². The first-order chi connectivity index (χ1) is 15.7. The van der Waals surface area contributed by atoms with E-state index in [1.807, 2.05) is 24.3 Å². The highest BCUT2D eigenvalue weighted by Crippen LogP contribution is 2.39. The van der Waals surface area contributed by atoms with E-state index in [1.165, 1.54) is 37.3 Å². The summed E-state index contributed by atoms with van der Waals surface area (Å²) in [5.41, 5.74) is 2.23. The molecule has 1 saturated carbocycles. The van der Waals surface area contributed by atoms with Crippen molar-refractivity contribution in [2.24, 2.45) is 5.92 Å². The first-order valence-electron chi connectivity index (χ1n) is 11.1. The minimum Gasteiger partial charge on any atom is -0.399 e. The number of ether oxygens (including phenoxy) is 1. The van der Waals surface area contributed by atoms with Crippen LogP contribution in [0.25, 0.3) is 21.9 Å². The van der Waals surface area contributed by atoms with E-state index in [2.05, 4.69) is 11.7 Å². The van der Waals surface area contributed by atoms with Crippen LogP contribution in [0.3, 0.4) is 0 Å². The molecule has 7 heteroatoms. The first kappa shape index (κ1) is 23.5. The summed E-state index contributed by atoms with van der Waals surface area (Å²) in [7, 11) is 0. The molecule has 0 bridgehead atoms. The van der Waals surface area contributed by atoms with Crippen molar-refractivity contribution in [2.45, 2.75) is 57.7 Å². The van der Waals surface area contributed by atoms with Crippen LogP contribution >= 0.6 is 0 Å². The van der Waals surface area contributed by atoms with Gasteiger partial charge < -0.3 is 4.74 Å². The Bertz CT molecular complexity index is 1130. The summed E-state index contributed by atoms with van der Waals surface area (Å²) in [6.45, 7) is 2.21. The SMILES string of the molecule is CCCC1CCC(c2ccc(-c3cc(F)c4c(F)c(OC(F)(F)F)c(F)cc4c3)cc2)CC1. The Morgan fingerprint density at radius 2 is 1.52 bits per heavy atom. The van der Waals surface area contributed by atoms with Gasteiger partial charge in [-0.25, -0.2) is 13.2 Å². The Morgan fingerprint density at radius 1 is 0.848 bits per heavy atom. The maximum absolute atomic E-state index is 14.7. The third kappa shape index (κ3) is 5.12. The summed E-state index contributed by atoms with van der Waals surface area (Å²) < 4.78 is 84.1. The second-order valence-electron chi connectivity index (χ2n) is 8.73. The van der Waals surface area contributed by atoms with Gasteiger partial charge in [-0.3, -0.25) is 0 Å². The molecule has 0 amide bonds. The molecule has 1 aliphatic rings. The van der Waals surface area contributed by atoms with Crippen LogP contribution in [0.5, 0.6) is 5.75 Å². The largest absolute Gasteiger partial charge is 0.573 e. The minimum atomic E-state index is -5.30. The van der Waals surface area contributed by atoms with Crippen molar-refractivity contribution < 1.29 is 31.1 Å². The summed E-state index contributed by atoms with van der Waals surface area (Å²) in [5.74, 6) is -4.75. The number of benzene rings is 3. The quantitative estimate of drug-likeness (QED) is 0.341. The van der Waals surface area contributed by atoms with Crippen LogP contribution in [-0.4, -0.2) is 6.36 Å². The van der Waals surface area contributed by atoms with E-state index in [9.17, 15) is 26.3 Å². The van der Waals surface area contributed by atoms with Crippen LogP contribution in [0, 0.1) is 23.4 Å². The Morgan fingerprint density at radius 3 is 2.12 bits per heavy atom. The van der Waals surface area contributed by atoms with Crippen molar-refractivity contribution >= 4 is 10.8 Å². The highest BCUT2D eigenvalue weighted by molar-refractivity contribution is 5.89. The topological polar surface area (TPSA) is 9.23 Å². The summed E-state index contributed by atoms with van der Waals surface area (Å²) >= 11 is 0. The lowest BCUT2D eigenvalue weighted by atomic mass is 9.77. The predicted molar refractivity (Wildman–Crippen MR) is 116 cm³/mol. The van der Waals surface area contributed by atoms with Crippen molar-refractivity contribution in [3.63, 3.8) is 0 Å². The molecule has 4 rings (SSSR count). The molecule has 0 radical (unpaired) electrons. The van der Waals surface area contributed by atoms with E-state index in [4.69, 9.17) is 0 Å². The van der Waals surface area contributed by atoms with Gasteiger partial charge in [-0.1, -0.05) is 44.0 Å². The summed E-state index contributed by atoms with van der Waals surface area (Å²) in [4.78, 5) is 0. The van der Waals surface area contributed by atoms with Gasteiger partial charge in [0.25, 0.3) is 0 Å². The van der Waals surface area contributed by atoms with Crippen LogP contribution in [-0.2, 0) is 0 Å². The molecule has 0 heterocycles. The van der Waals surface area contributed by atoms with Gasteiger partial charge in [0.1, 0.15) is 5.82 Å². The monoisotopic (exact) mass is 466 g/mol. The smallest absolute Gasteiger partial charge is 0.399 e. The van der Waals surface area contributed by atoms with E-state index >= 15 is 0 Å².